The number of nitrogens with zero attached hydrogens (tertiary/aromatic N) is 3. The maximum Gasteiger partial charge on any atom is 0.103 e. The first-order valence-corrected chi connectivity index (χ1v) is 9.71. The Balaban J connectivity index is 1.86. The van der Waals surface area contributed by atoms with Crippen molar-refractivity contribution in [2.24, 2.45) is 0 Å². The standard InChI is InChI=1S/C21H18ClN3OS/c1-21(2,26)20-12-17(25(24-20)16-8-4-3-7-15(16)22)19-10-9-18(27-19)14-6-5-11-23-13-14/h3-13,26H,1-2H3. The van der Waals surface area contributed by atoms with Crippen molar-refractivity contribution < 1.29 is 5.11 Å². The molecular formula is C21H18ClN3OS. The fourth-order valence-electron chi connectivity index (χ4n) is 2.80. The van der Waals surface area contributed by atoms with Crippen molar-refractivity contribution in [1.82, 2.24) is 14.8 Å². The molecule has 0 amide bonds. The largest absolute Gasteiger partial charge is 0.384 e. The van der Waals surface area contributed by atoms with Crippen molar-refractivity contribution >= 4 is 22.9 Å². The number of benzene rings is 1. The molecule has 1 aromatic carbocycles. The van der Waals surface area contributed by atoms with Crippen molar-refractivity contribution in [3.63, 3.8) is 0 Å². The van der Waals surface area contributed by atoms with Crippen LogP contribution in [0.1, 0.15) is 19.5 Å². The van der Waals surface area contributed by atoms with Gasteiger partial charge in [-0.15, -0.1) is 11.3 Å². The third-order valence-corrected chi connectivity index (χ3v) is 5.70. The van der Waals surface area contributed by atoms with Gasteiger partial charge in [0.2, 0.25) is 0 Å². The van der Waals surface area contributed by atoms with Gasteiger partial charge < -0.3 is 5.11 Å². The zero-order valence-electron chi connectivity index (χ0n) is 14.9. The molecule has 0 fully saturated rings. The van der Waals surface area contributed by atoms with Gasteiger partial charge in [0.15, 0.2) is 0 Å². The molecule has 0 bridgehead atoms. The van der Waals surface area contributed by atoms with E-state index in [-0.39, 0.29) is 0 Å². The first-order valence-electron chi connectivity index (χ1n) is 8.52. The van der Waals surface area contributed by atoms with E-state index in [1.807, 2.05) is 48.7 Å². The van der Waals surface area contributed by atoms with E-state index in [2.05, 4.69) is 22.2 Å². The molecule has 0 atom stereocenters. The van der Waals surface area contributed by atoms with E-state index < -0.39 is 5.60 Å². The van der Waals surface area contributed by atoms with Gasteiger partial charge in [-0.2, -0.15) is 5.10 Å². The van der Waals surface area contributed by atoms with Crippen LogP contribution >= 0.6 is 22.9 Å². The van der Waals surface area contributed by atoms with Gasteiger partial charge in [-0.1, -0.05) is 29.8 Å². The third kappa shape index (κ3) is 3.54. The number of hydrogen-bond acceptors (Lipinski definition) is 4. The molecule has 3 heterocycles. The van der Waals surface area contributed by atoms with Gasteiger partial charge >= 0.3 is 0 Å². The number of rotatable bonds is 4. The average molecular weight is 396 g/mol. The minimum absolute atomic E-state index is 0.591. The Morgan fingerprint density at radius 2 is 1.81 bits per heavy atom. The van der Waals surface area contributed by atoms with Crippen LogP contribution in [-0.2, 0) is 5.60 Å². The van der Waals surface area contributed by atoms with Gasteiger partial charge in [0.25, 0.3) is 0 Å². The minimum Gasteiger partial charge on any atom is -0.384 e. The smallest absolute Gasteiger partial charge is 0.103 e. The lowest BCUT2D eigenvalue weighted by Crippen LogP contribution is -2.16. The lowest BCUT2D eigenvalue weighted by molar-refractivity contribution is 0.0734. The van der Waals surface area contributed by atoms with Gasteiger partial charge in [0.1, 0.15) is 5.60 Å². The third-order valence-electron chi connectivity index (χ3n) is 4.22. The Labute approximate surface area is 166 Å². The summed E-state index contributed by atoms with van der Waals surface area (Å²) < 4.78 is 1.80. The minimum atomic E-state index is -1.05. The predicted molar refractivity (Wildman–Crippen MR) is 110 cm³/mol. The second-order valence-electron chi connectivity index (χ2n) is 6.74. The van der Waals surface area contributed by atoms with Gasteiger partial charge in [-0.05, 0) is 50.2 Å². The predicted octanol–water partition coefficient (Wildman–Crippen LogP) is 5.54. The van der Waals surface area contributed by atoms with Crippen LogP contribution in [-0.4, -0.2) is 19.9 Å². The van der Waals surface area contributed by atoms with Crippen molar-refractivity contribution in [3.8, 4) is 26.7 Å². The molecule has 4 rings (SSSR count). The highest BCUT2D eigenvalue weighted by molar-refractivity contribution is 7.18. The van der Waals surface area contributed by atoms with Crippen molar-refractivity contribution in [1.29, 1.82) is 0 Å². The van der Waals surface area contributed by atoms with E-state index in [1.54, 1.807) is 36.1 Å². The molecule has 4 nitrogen and oxygen atoms in total. The Morgan fingerprint density at radius 1 is 1.04 bits per heavy atom. The molecule has 27 heavy (non-hydrogen) atoms. The first kappa shape index (κ1) is 17.9. The lowest BCUT2D eigenvalue weighted by Gasteiger charge is -2.13. The quantitative estimate of drug-likeness (QED) is 0.493. The van der Waals surface area contributed by atoms with Crippen molar-refractivity contribution in [2.75, 3.05) is 0 Å². The van der Waals surface area contributed by atoms with Gasteiger partial charge in [0.05, 0.1) is 27.0 Å². The molecular weight excluding hydrogens is 378 g/mol. The van der Waals surface area contributed by atoms with E-state index in [0.29, 0.717) is 10.7 Å². The Morgan fingerprint density at radius 3 is 2.52 bits per heavy atom. The zero-order chi connectivity index (χ0) is 19.0. The van der Waals surface area contributed by atoms with Crippen molar-refractivity contribution in [2.45, 2.75) is 19.4 Å². The average Bonchev–Trinajstić information content (AvgIpc) is 3.30. The first-order chi connectivity index (χ1) is 12.9. The Bertz CT molecular complexity index is 1080. The Kier molecular flexibility index (Phi) is 4.60. The number of para-hydroxylation sites is 1. The lowest BCUT2D eigenvalue weighted by atomic mass is 10.1. The summed E-state index contributed by atoms with van der Waals surface area (Å²) in [5.74, 6) is 0. The van der Waals surface area contributed by atoms with E-state index >= 15 is 0 Å². The fraction of sp³-hybridized carbons (Fsp3) is 0.143. The molecule has 0 aliphatic heterocycles. The van der Waals surface area contributed by atoms with Gasteiger partial charge in [0, 0.05) is 22.8 Å². The summed E-state index contributed by atoms with van der Waals surface area (Å²) in [6.07, 6.45) is 3.61. The van der Waals surface area contributed by atoms with E-state index in [1.165, 1.54) is 0 Å². The van der Waals surface area contributed by atoms with E-state index in [9.17, 15) is 5.11 Å². The van der Waals surface area contributed by atoms with Crippen LogP contribution in [0.3, 0.4) is 0 Å². The van der Waals surface area contributed by atoms with E-state index in [4.69, 9.17) is 11.6 Å². The zero-order valence-corrected chi connectivity index (χ0v) is 16.5. The summed E-state index contributed by atoms with van der Waals surface area (Å²) >= 11 is 8.07. The molecule has 0 saturated heterocycles. The summed E-state index contributed by atoms with van der Waals surface area (Å²) in [5, 5.41) is 15.7. The number of aliphatic hydroxyl groups is 1. The van der Waals surface area contributed by atoms with Gasteiger partial charge in [-0.25, -0.2) is 4.68 Å². The number of thiophene rings is 1. The van der Waals surface area contributed by atoms with Crippen LogP contribution in [0.25, 0.3) is 26.7 Å². The maximum absolute atomic E-state index is 10.5. The molecule has 0 aliphatic rings. The van der Waals surface area contributed by atoms with Crippen LogP contribution in [0, 0.1) is 0 Å². The van der Waals surface area contributed by atoms with Crippen LogP contribution in [0.5, 0.6) is 0 Å². The van der Waals surface area contributed by atoms with E-state index in [0.717, 1.165) is 26.7 Å². The highest BCUT2D eigenvalue weighted by atomic mass is 35.5. The summed E-state index contributed by atoms with van der Waals surface area (Å²) in [6.45, 7) is 3.46. The molecule has 136 valence electrons. The fourth-order valence-corrected chi connectivity index (χ4v) is 4.02. The molecule has 3 aromatic heterocycles. The summed E-state index contributed by atoms with van der Waals surface area (Å²) in [5.41, 5.74) is 2.28. The van der Waals surface area contributed by atoms with Crippen molar-refractivity contribution in [3.05, 3.63) is 77.7 Å². The highest BCUT2D eigenvalue weighted by Crippen LogP contribution is 2.37. The second-order valence-corrected chi connectivity index (χ2v) is 8.23. The molecule has 0 spiro atoms. The number of halogens is 1. The Hall–Kier alpha value is -2.47. The number of pyridine rings is 1. The molecule has 0 unspecified atom stereocenters. The van der Waals surface area contributed by atoms with Gasteiger partial charge in [-0.3, -0.25) is 4.98 Å². The van der Waals surface area contributed by atoms with Crippen LogP contribution in [0.2, 0.25) is 5.02 Å². The SMILES string of the molecule is CC(C)(O)c1cc(-c2ccc(-c3cccnc3)s2)n(-c2ccccc2Cl)n1. The molecule has 0 radical (unpaired) electrons. The highest BCUT2D eigenvalue weighted by Gasteiger charge is 2.24. The number of hydrogen-bond donors (Lipinski definition) is 1. The molecule has 0 saturated carbocycles. The number of aromatic nitrogens is 3. The molecule has 6 heteroatoms. The monoisotopic (exact) mass is 395 g/mol. The summed E-state index contributed by atoms with van der Waals surface area (Å²) in [4.78, 5) is 6.35. The normalized spacial score (nSPS) is 11.7. The molecule has 1 N–H and O–H groups in total. The maximum atomic E-state index is 10.5. The molecule has 0 aliphatic carbocycles. The second kappa shape index (κ2) is 6.93. The molecule has 4 aromatic rings. The van der Waals surface area contributed by atoms with Crippen LogP contribution in [0.15, 0.2) is 67.0 Å². The summed E-state index contributed by atoms with van der Waals surface area (Å²) in [7, 11) is 0. The van der Waals surface area contributed by atoms with Crippen LogP contribution < -0.4 is 0 Å². The van der Waals surface area contributed by atoms with Crippen LogP contribution in [0.4, 0.5) is 0 Å². The summed E-state index contributed by atoms with van der Waals surface area (Å²) in [6, 6.07) is 17.6. The topological polar surface area (TPSA) is 50.9 Å².